The molecule has 0 spiro atoms. The number of rotatable bonds is 4. The Morgan fingerprint density at radius 3 is 2.40 bits per heavy atom. The molecule has 0 fully saturated rings. The van der Waals surface area contributed by atoms with Crippen LogP contribution in [-0.4, -0.2) is 9.81 Å². The van der Waals surface area contributed by atoms with E-state index in [4.69, 9.17) is 11.6 Å². The van der Waals surface area contributed by atoms with Crippen molar-refractivity contribution in [3.63, 3.8) is 0 Å². The van der Waals surface area contributed by atoms with Gasteiger partial charge in [-0.05, 0) is 36.6 Å². The smallest absolute Gasteiger partial charge is 0.253 e. The van der Waals surface area contributed by atoms with E-state index in [1.54, 1.807) is 17.7 Å². The third-order valence-electron chi connectivity index (χ3n) is 3.32. The Labute approximate surface area is 122 Å². The monoisotopic (exact) mass is 289 g/mol. The van der Waals surface area contributed by atoms with Gasteiger partial charge in [-0.1, -0.05) is 35.9 Å². The molecule has 20 heavy (non-hydrogen) atoms. The molecule has 0 unspecified atom stereocenters. The van der Waals surface area contributed by atoms with E-state index in [1.807, 2.05) is 37.3 Å². The summed E-state index contributed by atoms with van der Waals surface area (Å²) in [6.45, 7) is 2.02. The summed E-state index contributed by atoms with van der Waals surface area (Å²) in [5.41, 5.74) is 3.56. The standard InChI is InChI=1S/C16H16ClNO2/c1-11-3-5-12(6-4-11)14-9-7-13(8-10-15(17)19)16(20)18(14)2/h3-7,9H,8,10H2,1-2H3. The van der Waals surface area contributed by atoms with E-state index >= 15 is 0 Å². The summed E-state index contributed by atoms with van der Waals surface area (Å²) in [6.07, 6.45) is 0.559. The Bertz CT molecular complexity index is 687. The summed E-state index contributed by atoms with van der Waals surface area (Å²) in [6, 6.07) is 11.7. The maximum absolute atomic E-state index is 12.3. The van der Waals surface area contributed by atoms with E-state index in [-0.39, 0.29) is 12.0 Å². The van der Waals surface area contributed by atoms with E-state index in [0.717, 1.165) is 11.3 Å². The fourth-order valence-corrected chi connectivity index (χ4v) is 2.22. The number of carbonyl (C=O) groups is 1. The Balaban J connectivity index is 2.38. The van der Waals surface area contributed by atoms with Gasteiger partial charge in [0.2, 0.25) is 5.24 Å². The molecule has 0 radical (unpaired) electrons. The first kappa shape index (κ1) is 14.5. The summed E-state index contributed by atoms with van der Waals surface area (Å²) in [4.78, 5) is 23.0. The van der Waals surface area contributed by atoms with E-state index in [1.165, 1.54) is 5.56 Å². The number of hydrogen-bond donors (Lipinski definition) is 0. The zero-order valence-corrected chi connectivity index (χ0v) is 12.3. The maximum atomic E-state index is 12.3. The molecule has 1 heterocycles. The van der Waals surface area contributed by atoms with E-state index < -0.39 is 5.24 Å². The maximum Gasteiger partial charge on any atom is 0.253 e. The molecule has 0 N–H and O–H groups in total. The molecule has 3 nitrogen and oxygen atoms in total. The highest BCUT2D eigenvalue weighted by Gasteiger charge is 2.08. The fourth-order valence-electron chi connectivity index (χ4n) is 2.12. The highest BCUT2D eigenvalue weighted by Crippen LogP contribution is 2.18. The van der Waals surface area contributed by atoms with Gasteiger partial charge < -0.3 is 4.57 Å². The lowest BCUT2D eigenvalue weighted by Crippen LogP contribution is -2.22. The predicted molar refractivity (Wildman–Crippen MR) is 81.0 cm³/mol. The van der Waals surface area contributed by atoms with Gasteiger partial charge in [0.05, 0.1) is 5.69 Å². The number of aryl methyl sites for hydroxylation is 2. The molecule has 0 saturated carbocycles. The number of hydrogen-bond acceptors (Lipinski definition) is 2. The molecule has 0 atom stereocenters. The number of halogens is 1. The average molecular weight is 290 g/mol. The molecule has 0 aliphatic heterocycles. The molecular weight excluding hydrogens is 274 g/mol. The molecule has 0 aliphatic rings. The Hall–Kier alpha value is -1.87. The normalized spacial score (nSPS) is 10.6. The summed E-state index contributed by atoms with van der Waals surface area (Å²) in [5, 5.41) is -0.422. The molecule has 1 aromatic heterocycles. The van der Waals surface area contributed by atoms with Crippen LogP contribution in [-0.2, 0) is 18.3 Å². The van der Waals surface area contributed by atoms with Crippen LogP contribution in [0.15, 0.2) is 41.2 Å². The van der Waals surface area contributed by atoms with Gasteiger partial charge in [0.15, 0.2) is 0 Å². The van der Waals surface area contributed by atoms with Crippen LogP contribution >= 0.6 is 11.6 Å². The molecule has 2 aromatic rings. The van der Waals surface area contributed by atoms with Crippen molar-refractivity contribution >= 4 is 16.8 Å². The van der Waals surface area contributed by atoms with Crippen molar-refractivity contribution in [2.24, 2.45) is 7.05 Å². The number of benzene rings is 1. The van der Waals surface area contributed by atoms with Gasteiger partial charge in [0.1, 0.15) is 0 Å². The minimum absolute atomic E-state index is 0.0824. The predicted octanol–water partition coefficient (Wildman–Crippen LogP) is 3.06. The lowest BCUT2D eigenvalue weighted by molar-refractivity contribution is -0.111. The van der Waals surface area contributed by atoms with Crippen LogP contribution in [0.3, 0.4) is 0 Å². The number of pyridine rings is 1. The first-order valence-electron chi connectivity index (χ1n) is 6.43. The van der Waals surface area contributed by atoms with Crippen molar-refractivity contribution in [3.05, 3.63) is 57.9 Å². The number of aromatic nitrogens is 1. The molecule has 0 saturated heterocycles. The van der Waals surface area contributed by atoms with Crippen molar-refractivity contribution in [3.8, 4) is 11.3 Å². The molecule has 1 aromatic carbocycles. The second kappa shape index (κ2) is 6.06. The van der Waals surface area contributed by atoms with Gasteiger partial charge in [-0.15, -0.1) is 0 Å². The van der Waals surface area contributed by atoms with Gasteiger partial charge in [-0.3, -0.25) is 9.59 Å². The van der Waals surface area contributed by atoms with E-state index in [9.17, 15) is 9.59 Å². The van der Waals surface area contributed by atoms with Crippen LogP contribution in [0.25, 0.3) is 11.3 Å². The molecular formula is C16H16ClNO2. The molecule has 104 valence electrons. The fraction of sp³-hybridized carbons (Fsp3) is 0.250. The first-order chi connectivity index (χ1) is 9.49. The topological polar surface area (TPSA) is 39.1 Å². The molecule has 0 amide bonds. The van der Waals surface area contributed by atoms with E-state index in [0.29, 0.717) is 12.0 Å². The average Bonchev–Trinajstić information content (AvgIpc) is 2.42. The van der Waals surface area contributed by atoms with Gasteiger partial charge >= 0.3 is 0 Å². The van der Waals surface area contributed by atoms with Crippen molar-refractivity contribution < 1.29 is 4.79 Å². The largest absolute Gasteiger partial charge is 0.311 e. The minimum Gasteiger partial charge on any atom is -0.311 e. The van der Waals surface area contributed by atoms with Gasteiger partial charge in [0.25, 0.3) is 5.56 Å². The van der Waals surface area contributed by atoms with Crippen molar-refractivity contribution in [2.45, 2.75) is 19.8 Å². The molecule has 2 rings (SSSR count). The zero-order chi connectivity index (χ0) is 14.7. The number of nitrogens with zero attached hydrogens (tertiary/aromatic N) is 1. The van der Waals surface area contributed by atoms with Crippen LogP contribution in [0.4, 0.5) is 0 Å². The lowest BCUT2D eigenvalue weighted by atomic mass is 10.1. The van der Waals surface area contributed by atoms with Crippen LogP contribution in [0.5, 0.6) is 0 Å². The van der Waals surface area contributed by atoms with Gasteiger partial charge in [-0.2, -0.15) is 0 Å². The number of carbonyl (C=O) groups excluding carboxylic acids is 1. The quantitative estimate of drug-likeness (QED) is 0.812. The first-order valence-corrected chi connectivity index (χ1v) is 6.81. The summed E-state index contributed by atoms with van der Waals surface area (Å²) in [5.74, 6) is 0. The molecule has 4 heteroatoms. The minimum atomic E-state index is -0.422. The Morgan fingerprint density at radius 2 is 1.80 bits per heavy atom. The highest BCUT2D eigenvalue weighted by molar-refractivity contribution is 6.63. The van der Waals surface area contributed by atoms with Crippen LogP contribution in [0.2, 0.25) is 0 Å². The van der Waals surface area contributed by atoms with Crippen molar-refractivity contribution in [1.82, 2.24) is 4.57 Å². The summed E-state index contributed by atoms with van der Waals surface area (Å²) in [7, 11) is 1.74. The third-order valence-corrected chi connectivity index (χ3v) is 3.51. The Morgan fingerprint density at radius 1 is 1.15 bits per heavy atom. The van der Waals surface area contributed by atoms with Crippen LogP contribution < -0.4 is 5.56 Å². The summed E-state index contributed by atoms with van der Waals surface area (Å²) < 4.78 is 1.61. The molecule has 0 bridgehead atoms. The van der Waals surface area contributed by atoms with Crippen LogP contribution in [0.1, 0.15) is 17.5 Å². The SMILES string of the molecule is Cc1ccc(-c2ccc(CCC(=O)Cl)c(=O)n2C)cc1. The van der Waals surface area contributed by atoms with Crippen LogP contribution in [0, 0.1) is 6.92 Å². The Kier molecular flexibility index (Phi) is 4.40. The second-order valence-electron chi connectivity index (χ2n) is 4.83. The van der Waals surface area contributed by atoms with Gasteiger partial charge in [0, 0.05) is 19.0 Å². The summed E-state index contributed by atoms with van der Waals surface area (Å²) >= 11 is 5.31. The lowest BCUT2D eigenvalue weighted by Gasteiger charge is -2.10. The highest BCUT2D eigenvalue weighted by atomic mass is 35.5. The van der Waals surface area contributed by atoms with E-state index in [2.05, 4.69) is 0 Å². The second-order valence-corrected chi connectivity index (χ2v) is 5.25. The third kappa shape index (κ3) is 3.17. The van der Waals surface area contributed by atoms with Crippen molar-refractivity contribution in [2.75, 3.05) is 0 Å². The molecule has 0 aliphatic carbocycles. The van der Waals surface area contributed by atoms with Gasteiger partial charge in [-0.25, -0.2) is 0 Å². The zero-order valence-electron chi connectivity index (χ0n) is 11.5. The van der Waals surface area contributed by atoms with Crippen molar-refractivity contribution in [1.29, 1.82) is 0 Å².